The molecule has 1 heterocycles. The van der Waals surface area contributed by atoms with E-state index in [1.807, 2.05) is 25.1 Å². The van der Waals surface area contributed by atoms with Gasteiger partial charge in [0.25, 0.3) is 0 Å². The van der Waals surface area contributed by atoms with Crippen LogP contribution in [0.3, 0.4) is 0 Å². The van der Waals surface area contributed by atoms with Crippen LogP contribution >= 0.6 is 11.6 Å². The van der Waals surface area contributed by atoms with Crippen LogP contribution in [0.25, 0.3) is 5.57 Å². The number of carbonyl (C=O) groups is 2. The summed E-state index contributed by atoms with van der Waals surface area (Å²) in [5, 5.41) is 9.53. The van der Waals surface area contributed by atoms with Crippen molar-refractivity contribution < 1.29 is 14.7 Å². The van der Waals surface area contributed by atoms with Crippen LogP contribution < -0.4 is 0 Å². The lowest BCUT2D eigenvalue weighted by Crippen LogP contribution is -2.28. The average Bonchev–Trinajstić information content (AvgIpc) is 2.88. The van der Waals surface area contributed by atoms with Gasteiger partial charge in [0.2, 0.25) is 5.91 Å². The van der Waals surface area contributed by atoms with Crippen molar-refractivity contribution in [3.8, 4) is 0 Å². The lowest BCUT2D eigenvalue weighted by atomic mass is 10.1. The molecule has 106 valence electrons. The van der Waals surface area contributed by atoms with Crippen molar-refractivity contribution in [3.05, 3.63) is 40.9 Å². The van der Waals surface area contributed by atoms with Crippen LogP contribution in [0, 0.1) is 5.92 Å². The van der Waals surface area contributed by atoms with Gasteiger partial charge in [0.15, 0.2) is 0 Å². The minimum absolute atomic E-state index is 0.161. The Bertz CT molecular complexity index is 568. The Morgan fingerprint density at radius 3 is 2.70 bits per heavy atom. The zero-order valence-corrected chi connectivity index (χ0v) is 11.9. The predicted octanol–water partition coefficient (Wildman–Crippen LogP) is 2.68. The molecule has 0 spiro atoms. The standard InChI is InChI=1S/C15H16ClNO3/c1-10(12-4-2-3-5-13(12)16)8-14(18)17-7-6-11(9-17)15(19)20/h2-5,8,11H,6-7,9H2,1H3,(H,19,20)/b10-8+. The molecule has 1 unspecified atom stereocenters. The van der Waals surface area contributed by atoms with Crippen LogP contribution in [-0.4, -0.2) is 35.0 Å². The van der Waals surface area contributed by atoms with E-state index in [1.165, 1.54) is 6.08 Å². The van der Waals surface area contributed by atoms with Crippen LogP contribution in [0.2, 0.25) is 5.02 Å². The minimum atomic E-state index is -0.841. The van der Waals surface area contributed by atoms with Crippen molar-refractivity contribution in [3.63, 3.8) is 0 Å². The Morgan fingerprint density at radius 2 is 2.10 bits per heavy atom. The molecular weight excluding hydrogens is 278 g/mol. The minimum Gasteiger partial charge on any atom is -0.481 e. The van der Waals surface area contributed by atoms with Gasteiger partial charge < -0.3 is 10.0 Å². The molecule has 1 N–H and O–H groups in total. The quantitative estimate of drug-likeness (QED) is 0.872. The molecule has 20 heavy (non-hydrogen) atoms. The Balaban J connectivity index is 2.09. The van der Waals surface area contributed by atoms with Crippen LogP contribution in [0.4, 0.5) is 0 Å². The Labute approximate surface area is 122 Å². The topological polar surface area (TPSA) is 57.6 Å². The third-order valence-electron chi connectivity index (χ3n) is 3.49. The third-order valence-corrected chi connectivity index (χ3v) is 3.82. The molecule has 2 rings (SSSR count). The fourth-order valence-electron chi connectivity index (χ4n) is 2.30. The predicted molar refractivity (Wildman–Crippen MR) is 77.4 cm³/mol. The Kier molecular flexibility index (Phi) is 4.45. The molecule has 1 aromatic carbocycles. The van der Waals surface area contributed by atoms with Gasteiger partial charge in [0.1, 0.15) is 0 Å². The largest absolute Gasteiger partial charge is 0.481 e. The van der Waals surface area contributed by atoms with E-state index in [0.29, 0.717) is 18.0 Å². The van der Waals surface area contributed by atoms with E-state index in [0.717, 1.165) is 11.1 Å². The normalized spacial score (nSPS) is 19.2. The van der Waals surface area contributed by atoms with E-state index in [1.54, 1.807) is 11.0 Å². The van der Waals surface area contributed by atoms with E-state index in [4.69, 9.17) is 16.7 Å². The number of carboxylic acids is 1. The first kappa shape index (κ1) is 14.6. The number of hydrogen-bond acceptors (Lipinski definition) is 2. The van der Waals surface area contributed by atoms with Gasteiger partial charge in [0, 0.05) is 24.2 Å². The summed E-state index contributed by atoms with van der Waals surface area (Å²) in [6, 6.07) is 7.32. The first-order valence-electron chi connectivity index (χ1n) is 6.44. The Hall–Kier alpha value is -1.81. The second-order valence-electron chi connectivity index (χ2n) is 4.92. The number of nitrogens with zero attached hydrogens (tertiary/aromatic N) is 1. The fourth-order valence-corrected chi connectivity index (χ4v) is 2.58. The number of carbonyl (C=O) groups excluding carboxylic acids is 1. The molecule has 1 aromatic rings. The van der Waals surface area contributed by atoms with Crippen LogP contribution in [-0.2, 0) is 9.59 Å². The lowest BCUT2D eigenvalue weighted by molar-refractivity contribution is -0.141. The maximum atomic E-state index is 12.1. The number of halogens is 1. The number of likely N-dealkylation sites (tertiary alicyclic amines) is 1. The average molecular weight is 294 g/mol. The van der Waals surface area contributed by atoms with Crippen molar-refractivity contribution in [1.82, 2.24) is 4.90 Å². The molecule has 1 aliphatic rings. The molecule has 0 aliphatic carbocycles. The molecule has 1 aliphatic heterocycles. The van der Waals surface area contributed by atoms with Gasteiger partial charge >= 0.3 is 5.97 Å². The summed E-state index contributed by atoms with van der Waals surface area (Å²) in [5.74, 6) is -1.45. The third kappa shape index (κ3) is 3.20. The van der Waals surface area contributed by atoms with E-state index >= 15 is 0 Å². The highest BCUT2D eigenvalue weighted by atomic mass is 35.5. The number of amides is 1. The van der Waals surface area contributed by atoms with E-state index in [9.17, 15) is 9.59 Å². The highest BCUT2D eigenvalue weighted by Crippen LogP contribution is 2.24. The van der Waals surface area contributed by atoms with Gasteiger partial charge in [-0.15, -0.1) is 0 Å². The summed E-state index contributed by atoms with van der Waals surface area (Å²) in [4.78, 5) is 24.6. The summed E-state index contributed by atoms with van der Waals surface area (Å²) in [7, 11) is 0. The van der Waals surface area contributed by atoms with E-state index < -0.39 is 11.9 Å². The molecule has 1 amide bonds. The summed E-state index contributed by atoms with van der Waals surface area (Å²) in [6.07, 6.45) is 2.03. The zero-order chi connectivity index (χ0) is 14.7. The lowest BCUT2D eigenvalue weighted by Gasteiger charge is -2.14. The second-order valence-corrected chi connectivity index (χ2v) is 5.32. The molecule has 1 atom stereocenters. The second kappa shape index (κ2) is 6.09. The number of allylic oxidation sites excluding steroid dienone is 1. The molecule has 1 fully saturated rings. The van der Waals surface area contributed by atoms with Crippen molar-refractivity contribution in [2.75, 3.05) is 13.1 Å². The van der Waals surface area contributed by atoms with Gasteiger partial charge in [-0.05, 0) is 30.5 Å². The highest BCUT2D eigenvalue weighted by molar-refractivity contribution is 6.32. The summed E-state index contributed by atoms with van der Waals surface area (Å²) < 4.78 is 0. The number of hydrogen-bond donors (Lipinski definition) is 1. The van der Waals surface area contributed by atoms with Crippen molar-refractivity contribution >= 4 is 29.1 Å². The monoisotopic (exact) mass is 293 g/mol. The van der Waals surface area contributed by atoms with Crippen molar-refractivity contribution in [2.24, 2.45) is 5.92 Å². The number of aliphatic carboxylic acids is 1. The number of benzene rings is 1. The van der Waals surface area contributed by atoms with Crippen molar-refractivity contribution in [2.45, 2.75) is 13.3 Å². The zero-order valence-electron chi connectivity index (χ0n) is 11.2. The maximum absolute atomic E-state index is 12.1. The fraction of sp³-hybridized carbons (Fsp3) is 0.333. The SMILES string of the molecule is C/C(=C\C(=O)N1CCC(C(=O)O)C1)c1ccccc1Cl. The molecule has 0 bridgehead atoms. The van der Waals surface area contributed by atoms with Crippen molar-refractivity contribution in [1.29, 1.82) is 0 Å². The van der Waals surface area contributed by atoms with Gasteiger partial charge in [-0.1, -0.05) is 29.8 Å². The summed E-state index contributed by atoms with van der Waals surface area (Å²) in [6.45, 7) is 2.59. The van der Waals surface area contributed by atoms with Gasteiger partial charge in [-0.25, -0.2) is 0 Å². The molecular formula is C15H16ClNO3. The summed E-state index contributed by atoms with van der Waals surface area (Å²) in [5.41, 5.74) is 1.59. The first-order chi connectivity index (χ1) is 9.49. The van der Waals surface area contributed by atoms with Crippen LogP contribution in [0.5, 0.6) is 0 Å². The van der Waals surface area contributed by atoms with E-state index in [-0.39, 0.29) is 12.5 Å². The Morgan fingerprint density at radius 1 is 1.40 bits per heavy atom. The smallest absolute Gasteiger partial charge is 0.308 e. The van der Waals surface area contributed by atoms with Crippen LogP contribution in [0.15, 0.2) is 30.3 Å². The molecule has 5 heteroatoms. The maximum Gasteiger partial charge on any atom is 0.308 e. The molecule has 0 radical (unpaired) electrons. The first-order valence-corrected chi connectivity index (χ1v) is 6.81. The van der Waals surface area contributed by atoms with Crippen LogP contribution in [0.1, 0.15) is 18.9 Å². The van der Waals surface area contributed by atoms with Gasteiger partial charge in [-0.3, -0.25) is 9.59 Å². The highest BCUT2D eigenvalue weighted by Gasteiger charge is 2.30. The van der Waals surface area contributed by atoms with Gasteiger partial charge in [-0.2, -0.15) is 0 Å². The number of carboxylic acid groups (broad SMARTS) is 1. The van der Waals surface area contributed by atoms with E-state index in [2.05, 4.69) is 0 Å². The van der Waals surface area contributed by atoms with Gasteiger partial charge in [0.05, 0.1) is 5.92 Å². The summed E-state index contributed by atoms with van der Waals surface area (Å²) >= 11 is 6.08. The number of rotatable bonds is 3. The molecule has 1 saturated heterocycles. The molecule has 0 saturated carbocycles. The molecule has 4 nitrogen and oxygen atoms in total. The molecule has 0 aromatic heterocycles.